The van der Waals surface area contributed by atoms with Crippen molar-refractivity contribution in [2.75, 3.05) is 13.7 Å². The minimum Gasteiger partial charge on any atom is -0.493 e. The van der Waals surface area contributed by atoms with E-state index >= 15 is 0 Å². The molecular formula is C18H25NO4. The number of rotatable bonds is 8. The first-order chi connectivity index (χ1) is 11.1. The number of carbonyl (C=O) groups is 2. The molecule has 0 atom stereocenters. The lowest BCUT2D eigenvalue weighted by Crippen LogP contribution is -2.32. The van der Waals surface area contributed by atoms with Crippen LogP contribution in [0.1, 0.15) is 55.8 Å². The molecule has 0 unspecified atom stereocenters. The van der Waals surface area contributed by atoms with Gasteiger partial charge in [0.2, 0.25) is 5.91 Å². The van der Waals surface area contributed by atoms with Crippen LogP contribution in [0.2, 0.25) is 0 Å². The topological polar surface area (TPSA) is 64.6 Å². The molecule has 1 amide bonds. The third-order valence-corrected chi connectivity index (χ3v) is 4.10. The van der Waals surface area contributed by atoms with Crippen molar-refractivity contribution in [1.82, 2.24) is 5.32 Å². The zero-order valence-corrected chi connectivity index (χ0v) is 13.9. The van der Waals surface area contributed by atoms with Gasteiger partial charge in [-0.25, -0.2) is 0 Å². The lowest BCUT2D eigenvalue weighted by Gasteiger charge is -2.13. The fourth-order valence-corrected chi connectivity index (χ4v) is 2.79. The van der Waals surface area contributed by atoms with Crippen LogP contribution < -0.4 is 14.8 Å². The molecule has 0 radical (unpaired) electrons. The molecule has 0 aliphatic heterocycles. The summed E-state index contributed by atoms with van der Waals surface area (Å²) in [6.07, 6.45) is 5.73. The monoisotopic (exact) mass is 319 g/mol. The van der Waals surface area contributed by atoms with Crippen molar-refractivity contribution in [3.63, 3.8) is 0 Å². The summed E-state index contributed by atoms with van der Waals surface area (Å²) in [7, 11) is 1.54. The normalized spacial score (nSPS) is 14.5. The van der Waals surface area contributed by atoms with Crippen LogP contribution in [0.3, 0.4) is 0 Å². The predicted octanol–water partition coefficient (Wildman–Crippen LogP) is 3.12. The Labute approximate surface area is 137 Å². The van der Waals surface area contributed by atoms with Gasteiger partial charge in [0.25, 0.3) is 0 Å². The molecule has 0 spiro atoms. The van der Waals surface area contributed by atoms with Gasteiger partial charge in [0.15, 0.2) is 17.3 Å². The third-order valence-electron chi connectivity index (χ3n) is 4.10. The maximum absolute atomic E-state index is 11.8. The lowest BCUT2D eigenvalue weighted by molar-refractivity contribution is -0.122. The summed E-state index contributed by atoms with van der Waals surface area (Å²) in [5.41, 5.74) is 0.588. The van der Waals surface area contributed by atoms with Crippen molar-refractivity contribution in [2.45, 2.75) is 51.5 Å². The van der Waals surface area contributed by atoms with Crippen molar-refractivity contribution < 1.29 is 19.1 Å². The first-order valence-electron chi connectivity index (χ1n) is 8.21. The molecule has 1 N–H and O–H groups in total. The Bertz CT molecular complexity index is 550. The highest BCUT2D eigenvalue weighted by molar-refractivity contribution is 5.94. The number of methoxy groups -OCH3 is 1. The SMILES string of the molecule is COc1cc(C(C)=O)ccc1OCCCC(=O)NC1CCCC1. The second kappa shape index (κ2) is 8.56. The van der Waals surface area contributed by atoms with E-state index in [9.17, 15) is 9.59 Å². The van der Waals surface area contributed by atoms with Crippen molar-refractivity contribution in [3.05, 3.63) is 23.8 Å². The van der Waals surface area contributed by atoms with Crippen LogP contribution >= 0.6 is 0 Å². The fourth-order valence-electron chi connectivity index (χ4n) is 2.79. The smallest absolute Gasteiger partial charge is 0.220 e. The van der Waals surface area contributed by atoms with Crippen molar-refractivity contribution >= 4 is 11.7 Å². The van der Waals surface area contributed by atoms with Gasteiger partial charge in [-0.3, -0.25) is 9.59 Å². The van der Waals surface area contributed by atoms with Gasteiger partial charge in [-0.2, -0.15) is 0 Å². The van der Waals surface area contributed by atoms with Crippen LogP contribution in [0.5, 0.6) is 11.5 Å². The number of carbonyl (C=O) groups excluding carboxylic acids is 2. The number of nitrogens with one attached hydrogen (secondary N) is 1. The van der Waals surface area contributed by atoms with E-state index in [-0.39, 0.29) is 11.7 Å². The number of hydrogen-bond donors (Lipinski definition) is 1. The summed E-state index contributed by atoms with van der Waals surface area (Å²) >= 11 is 0. The molecule has 126 valence electrons. The van der Waals surface area contributed by atoms with Gasteiger partial charge in [-0.15, -0.1) is 0 Å². The van der Waals surface area contributed by atoms with Crippen LogP contribution in [-0.2, 0) is 4.79 Å². The second-order valence-corrected chi connectivity index (χ2v) is 5.92. The van der Waals surface area contributed by atoms with Gasteiger partial charge < -0.3 is 14.8 Å². The molecule has 1 aromatic carbocycles. The van der Waals surface area contributed by atoms with E-state index in [1.54, 1.807) is 25.3 Å². The molecule has 0 saturated heterocycles. The predicted molar refractivity (Wildman–Crippen MR) is 88.1 cm³/mol. The van der Waals surface area contributed by atoms with Gasteiger partial charge in [0.1, 0.15) is 0 Å². The molecule has 0 aromatic heterocycles. The lowest BCUT2D eigenvalue weighted by atomic mass is 10.1. The van der Waals surface area contributed by atoms with E-state index in [0.717, 1.165) is 12.8 Å². The molecular weight excluding hydrogens is 294 g/mol. The number of benzene rings is 1. The molecule has 5 heteroatoms. The average Bonchev–Trinajstić information content (AvgIpc) is 3.04. The molecule has 0 bridgehead atoms. The van der Waals surface area contributed by atoms with Gasteiger partial charge in [0, 0.05) is 18.0 Å². The van der Waals surface area contributed by atoms with Crippen molar-refractivity contribution in [1.29, 1.82) is 0 Å². The van der Waals surface area contributed by atoms with Crippen LogP contribution in [0.15, 0.2) is 18.2 Å². The van der Waals surface area contributed by atoms with E-state index in [0.29, 0.717) is 42.6 Å². The number of amides is 1. The largest absolute Gasteiger partial charge is 0.493 e. The third kappa shape index (κ3) is 5.27. The van der Waals surface area contributed by atoms with E-state index < -0.39 is 0 Å². The molecule has 1 aromatic rings. The number of Topliss-reactive ketones (excluding diaryl/α,β-unsaturated/α-hetero) is 1. The van der Waals surface area contributed by atoms with E-state index in [1.165, 1.54) is 19.8 Å². The minimum atomic E-state index is -0.0153. The average molecular weight is 319 g/mol. The summed E-state index contributed by atoms with van der Waals surface area (Å²) in [5, 5.41) is 3.06. The van der Waals surface area contributed by atoms with Crippen LogP contribution in [0, 0.1) is 0 Å². The molecule has 5 nitrogen and oxygen atoms in total. The molecule has 23 heavy (non-hydrogen) atoms. The first kappa shape index (κ1) is 17.3. The zero-order chi connectivity index (χ0) is 16.7. The van der Waals surface area contributed by atoms with Gasteiger partial charge in [0.05, 0.1) is 13.7 Å². The Morgan fingerprint density at radius 1 is 1.22 bits per heavy atom. The van der Waals surface area contributed by atoms with Crippen LogP contribution in [0.4, 0.5) is 0 Å². The minimum absolute atomic E-state index is 0.0153. The Morgan fingerprint density at radius 3 is 2.61 bits per heavy atom. The maximum atomic E-state index is 11.8. The highest BCUT2D eigenvalue weighted by atomic mass is 16.5. The number of ketones is 1. The quantitative estimate of drug-likeness (QED) is 0.590. The maximum Gasteiger partial charge on any atom is 0.220 e. The molecule has 1 fully saturated rings. The van der Waals surface area contributed by atoms with Gasteiger partial charge in [-0.1, -0.05) is 12.8 Å². The standard InChI is InChI=1S/C18H25NO4/c1-13(20)14-9-10-16(17(12-14)22-2)23-11-5-8-18(21)19-15-6-3-4-7-15/h9-10,12,15H,3-8,11H2,1-2H3,(H,19,21). The Balaban J connectivity index is 1.75. The number of ether oxygens (including phenoxy) is 2. The van der Waals surface area contributed by atoms with Crippen molar-refractivity contribution in [3.8, 4) is 11.5 Å². The molecule has 1 aliphatic carbocycles. The highest BCUT2D eigenvalue weighted by Gasteiger charge is 2.16. The highest BCUT2D eigenvalue weighted by Crippen LogP contribution is 2.28. The Kier molecular flexibility index (Phi) is 6.44. The van der Waals surface area contributed by atoms with Gasteiger partial charge >= 0.3 is 0 Å². The Hall–Kier alpha value is -2.04. The molecule has 1 aliphatic rings. The van der Waals surface area contributed by atoms with Crippen LogP contribution in [-0.4, -0.2) is 31.4 Å². The second-order valence-electron chi connectivity index (χ2n) is 5.92. The van der Waals surface area contributed by atoms with Gasteiger partial charge in [-0.05, 0) is 44.4 Å². The van der Waals surface area contributed by atoms with E-state index in [4.69, 9.17) is 9.47 Å². The van der Waals surface area contributed by atoms with Crippen LogP contribution in [0.25, 0.3) is 0 Å². The Morgan fingerprint density at radius 2 is 1.96 bits per heavy atom. The van der Waals surface area contributed by atoms with E-state index in [2.05, 4.69) is 5.32 Å². The molecule has 2 rings (SSSR count). The van der Waals surface area contributed by atoms with E-state index in [1.807, 2.05) is 0 Å². The fraction of sp³-hybridized carbons (Fsp3) is 0.556. The summed E-state index contributed by atoms with van der Waals surface area (Å²) in [5.74, 6) is 1.21. The summed E-state index contributed by atoms with van der Waals surface area (Å²) in [6.45, 7) is 1.95. The zero-order valence-electron chi connectivity index (χ0n) is 13.9. The molecule has 1 saturated carbocycles. The summed E-state index contributed by atoms with van der Waals surface area (Å²) in [4.78, 5) is 23.2. The summed E-state index contributed by atoms with van der Waals surface area (Å²) in [6, 6.07) is 5.48. The summed E-state index contributed by atoms with van der Waals surface area (Å²) < 4.78 is 10.9. The first-order valence-corrected chi connectivity index (χ1v) is 8.21. The van der Waals surface area contributed by atoms with Crippen molar-refractivity contribution in [2.24, 2.45) is 0 Å². The number of hydrogen-bond acceptors (Lipinski definition) is 4. The molecule has 0 heterocycles.